The van der Waals surface area contributed by atoms with Crippen LogP contribution in [0, 0.1) is 0 Å². The molecule has 0 aliphatic carbocycles. The highest BCUT2D eigenvalue weighted by atomic mass is 35.5. The van der Waals surface area contributed by atoms with Crippen LogP contribution in [0.1, 0.15) is 18.1 Å². The van der Waals surface area contributed by atoms with Gasteiger partial charge in [-0.3, -0.25) is 9.10 Å². The van der Waals surface area contributed by atoms with E-state index >= 15 is 0 Å². The second-order valence-electron chi connectivity index (χ2n) is 6.28. The van der Waals surface area contributed by atoms with E-state index in [2.05, 4.69) is 5.32 Å². The summed E-state index contributed by atoms with van der Waals surface area (Å²) in [5, 5.41) is 3.51. The third-order valence-corrected chi connectivity index (χ3v) is 6.62. The van der Waals surface area contributed by atoms with Crippen molar-refractivity contribution in [3.63, 3.8) is 0 Å². The molecule has 2 rings (SSSR count). The first-order chi connectivity index (χ1) is 13.3. The van der Waals surface area contributed by atoms with Gasteiger partial charge < -0.3 is 5.32 Å². The molecule has 0 fully saturated rings. The number of rotatable bonds is 10. The van der Waals surface area contributed by atoms with Crippen molar-refractivity contribution in [2.75, 3.05) is 29.4 Å². The monoisotopic (exact) mass is 440 g/mol. The Bertz CT molecular complexity index is 887. The molecule has 5 nitrogen and oxygen atoms in total. The predicted octanol–water partition coefficient (Wildman–Crippen LogP) is 3.72. The fourth-order valence-electron chi connectivity index (χ4n) is 2.54. The first-order valence-corrected chi connectivity index (χ1v) is 12.3. The third-order valence-electron chi connectivity index (χ3n) is 4.10. The van der Waals surface area contributed by atoms with Crippen LogP contribution in [0.2, 0.25) is 5.02 Å². The SMILES string of the molecule is CCc1ccc(N(CC(=O)NCCSCc2ccccc2Cl)S(C)(=O)=O)cc1. The number of hydrogen-bond acceptors (Lipinski definition) is 4. The number of amides is 1. The number of halogens is 1. The lowest BCUT2D eigenvalue weighted by atomic mass is 10.1. The van der Waals surface area contributed by atoms with Gasteiger partial charge in [0.1, 0.15) is 6.54 Å². The van der Waals surface area contributed by atoms with Crippen molar-refractivity contribution in [2.24, 2.45) is 0 Å². The van der Waals surface area contributed by atoms with Gasteiger partial charge in [-0.15, -0.1) is 0 Å². The predicted molar refractivity (Wildman–Crippen MR) is 119 cm³/mol. The molecule has 0 atom stereocenters. The van der Waals surface area contributed by atoms with Gasteiger partial charge in [-0.25, -0.2) is 8.42 Å². The maximum atomic E-state index is 12.2. The minimum absolute atomic E-state index is 0.237. The highest BCUT2D eigenvalue weighted by Crippen LogP contribution is 2.20. The summed E-state index contributed by atoms with van der Waals surface area (Å²) in [7, 11) is -3.56. The Morgan fingerprint density at radius 3 is 2.43 bits per heavy atom. The molecule has 152 valence electrons. The van der Waals surface area contributed by atoms with Crippen LogP contribution >= 0.6 is 23.4 Å². The Labute approximate surface area is 176 Å². The first-order valence-electron chi connectivity index (χ1n) is 8.95. The molecule has 0 unspecified atom stereocenters. The lowest BCUT2D eigenvalue weighted by Crippen LogP contribution is -2.41. The molecule has 1 N–H and O–H groups in total. The van der Waals surface area contributed by atoms with Crippen LogP contribution in [0.4, 0.5) is 5.69 Å². The standard InChI is InChI=1S/C20H25ClN2O3S2/c1-3-16-8-10-18(11-9-16)23(28(2,25)26)14-20(24)22-12-13-27-15-17-6-4-5-7-19(17)21/h4-11H,3,12-15H2,1-2H3,(H,22,24). The van der Waals surface area contributed by atoms with Crippen LogP contribution in [-0.4, -0.2) is 39.4 Å². The number of anilines is 1. The summed E-state index contributed by atoms with van der Waals surface area (Å²) in [5.74, 6) is 1.14. The molecule has 0 saturated heterocycles. The molecule has 2 aromatic carbocycles. The number of hydrogen-bond donors (Lipinski definition) is 1. The van der Waals surface area contributed by atoms with Crippen molar-refractivity contribution < 1.29 is 13.2 Å². The molecule has 8 heteroatoms. The first kappa shape index (κ1) is 22.6. The van der Waals surface area contributed by atoms with Crippen molar-refractivity contribution in [3.05, 3.63) is 64.7 Å². The number of thioether (sulfide) groups is 1. The maximum absolute atomic E-state index is 12.2. The lowest BCUT2D eigenvalue weighted by molar-refractivity contribution is -0.119. The van der Waals surface area contributed by atoms with E-state index in [1.807, 2.05) is 43.3 Å². The molecule has 28 heavy (non-hydrogen) atoms. The van der Waals surface area contributed by atoms with Gasteiger partial charge in [-0.1, -0.05) is 48.9 Å². The average Bonchev–Trinajstić information content (AvgIpc) is 2.66. The van der Waals surface area contributed by atoms with E-state index < -0.39 is 10.0 Å². The Hall–Kier alpha value is -1.70. The Morgan fingerprint density at radius 2 is 1.82 bits per heavy atom. The molecule has 0 spiro atoms. The Morgan fingerprint density at radius 1 is 1.14 bits per heavy atom. The number of benzene rings is 2. The zero-order valence-electron chi connectivity index (χ0n) is 16.0. The molecule has 0 radical (unpaired) electrons. The summed E-state index contributed by atoms with van der Waals surface area (Å²) in [6, 6.07) is 14.9. The van der Waals surface area contributed by atoms with Gasteiger partial charge >= 0.3 is 0 Å². The van der Waals surface area contributed by atoms with Gasteiger partial charge in [0, 0.05) is 23.1 Å². The summed E-state index contributed by atoms with van der Waals surface area (Å²) in [5.41, 5.74) is 2.65. The molecule has 0 aliphatic rings. The van der Waals surface area contributed by atoms with Crippen molar-refractivity contribution in [1.29, 1.82) is 0 Å². The summed E-state index contributed by atoms with van der Waals surface area (Å²) in [6.45, 7) is 2.25. The molecule has 2 aromatic rings. The van der Waals surface area contributed by atoms with Crippen LogP contribution in [0.5, 0.6) is 0 Å². The van der Waals surface area contributed by atoms with E-state index in [4.69, 9.17) is 11.6 Å². The maximum Gasteiger partial charge on any atom is 0.240 e. The van der Waals surface area contributed by atoms with Gasteiger partial charge in [0.2, 0.25) is 15.9 Å². The zero-order chi connectivity index (χ0) is 20.6. The van der Waals surface area contributed by atoms with Gasteiger partial charge in [0.05, 0.1) is 11.9 Å². The molecule has 0 aliphatic heterocycles. The fraction of sp³-hybridized carbons (Fsp3) is 0.350. The lowest BCUT2D eigenvalue weighted by Gasteiger charge is -2.22. The molecule has 0 saturated carbocycles. The van der Waals surface area contributed by atoms with Crippen molar-refractivity contribution >= 4 is 45.0 Å². The summed E-state index contributed by atoms with van der Waals surface area (Å²) in [6.07, 6.45) is 1.97. The largest absolute Gasteiger partial charge is 0.354 e. The van der Waals surface area contributed by atoms with Gasteiger partial charge in [-0.05, 0) is 35.7 Å². The van der Waals surface area contributed by atoms with E-state index in [0.717, 1.165) is 38.9 Å². The second-order valence-corrected chi connectivity index (χ2v) is 9.70. The van der Waals surface area contributed by atoms with E-state index in [9.17, 15) is 13.2 Å². The Kier molecular flexibility index (Phi) is 8.66. The topological polar surface area (TPSA) is 66.5 Å². The highest BCUT2D eigenvalue weighted by Gasteiger charge is 2.20. The molecule has 0 heterocycles. The quantitative estimate of drug-likeness (QED) is 0.572. The van der Waals surface area contributed by atoms with Crippen molar-refractivity contribution in [3.8, 4) is 0 Å². The average molecular weight is 441 g/mol. The third kappa shape index (κ3) is 7.04. The van der Waals surface area contributed by atoms with E-state index in [1.165, 1.54) is 0 Å². The highest BCUT2D eigenvalue weighted by molar-refractivity contribution is 7.98. The number of nitrogens with zero attached hydrogens (tertiary/aromatic N) is 1. The van der Waals surface area contributed by atoms with Crippen molar-refractivity contribution in [1.82, 2.24) is 5.32 Å². The normalized spacial score (nSPS) is 11.2. The van der Waals surface area contributed by atoms with Gasteiger partial charge in [0.15, 0.2) is 0 Å². The second kappa shape index (κ2) is 10.7. The summed E-state index contributed by atoms with van der Waals surface area (Å²) in [4.78, 5) is 12.2. The Balaban J connectivity index is 1.84. The smallest absolute Gasteiger partial charge is 0.240 e. The fourth-order valence-corrected chi connectivity index (χ4v) is 4.55. The van der Waals surface area contributed by atoms with Crippen LogP contribution < -0.4 is 9.62 Å². The molecular weight excluding hydrogens is 416 g/mol. The van der Waals surface area contributed by atoms with Crippen LogP contribution in [-0.2, 0) is 27.0 Å². The van der Waals surface area contributed by atoms with Crippen molar-refractivity contribution in [2.45, 2.75) is 19.1 Å². The molecule has 1 amide bonds. The molecule has 0 bridgehead atoms. The summed E-state index contributed by atoms with van der Waals surface area (Å²) < 4.78 is 25.4. The number of carbonyl (C=O) groups is 1. The minimum atomic E-state index is -3.56. The van der Waals surface area contributed by atoms with Crippen LogP contribution in [0.3, 0.4) is 0 Å². The number of carbonyl (C=O) groups excluding carboxylic acids is 1. The number of nitrogens with one attached hydrogen (secondary N) is 1. The summed E-state index contributed by atoms with van der Waals surface area (Å²) >= 11 is 7.78. The van der Waals surface area contributed by atoms with Crippen LogP contribution in [0.15, 0.2) is 48.5 Å². The minimum Gasteiger partial charge on any atom is -0.354 e. The van der Waals surface area contributed by atoms with E-state index in [0.29, 0.717) is 18.0 Å². The molecular formula is C20H25ClN2O3S2. The molecule has 0 aromatic heterocycles. The number of aryl methyl sites for hydroxylation is 1. The van der Waals surface area contributed by atoms with Crippen LogP contribution in [0.25, 0.3) is 0 Å². The zero-order valence-corrected chi connectivity index (χ0v) is 18.4. The van der Waals surface area contributed by atoms with Gasteiger partial charge in [0.25, 0.3) is 0 Å². The number of sulfonamides is 1. The van der Waals surface area contributed by atoms with E-state index in [1.54, 1.807) is 23.9 Å². The van der Waals surface area contributed by atoms with E-state index in [-0.39, 0.29) is 12.5 Å². The van der Waals surface area contributed by atoms with Gasteiger partial charge in [-0.2, -0.15) is 11.8 Å².